The van der Waals surface area contributed by atoms with E-state index in [1.54, 1.807) is 42.5 Å². The van der Waals surface area contributed by atoms with Crippen LogP contribution in [0.2, 0.25) is 10.0 Å². The van der Waals surface area contributed by atoms with E-state index in [1.807, 2.05) is 6.07 Å². The molecule has 0 aliphatic rings. The Labute approximate surface area is 175 Å². The number of fused-ring (bicyclic) bond motifs is 1. The summed E-state index contributed by atoms with van der Waals surface area (Å²) in [6, 6.07) is 15.8. The Morgan fingerprint density at radius 1 is 1.07 bits per heavy atom. The van der Waals surface area contributed by atoms with Crippen molar-refractivity contribution >= 4 is 40.1 Å². The number of anilines is 1. The number of pyridine rings is 1. The zero-order chi connectivity index (χ0) is 20.4. The van der Waals surface area contributed by atoms with E-state index in [-0.39, 0.29) is 6.61 Å². The highest BCUT2D eigenvalue weighted by Gasteiger charge is 2.11. The Morgan fingerprint density at radius 3 is 2.76 bits per heavy atom. The van der Waals surface area contributed by atoms with Crippen molar-refractivity contribution in [2.24, 2.45) is 0 Å². The third-order valence-corrected chi connectivity index (χ3v) is 4.58. The van der Waals surface area contributed by atoms with Gasteiger partial charge in [0.25, 0.3) is 0 Å². The first-order valence-electron chi connectivity index (χ1n) is 8.45. The van der Waals surface area contributed by atoms with Crippen molar-refractivity contribution < 1.29 is 14.7 Å². The zero-order valence-corrected chi connectivity index (χ0v) is 16.4. The van der Waals surface area contributed by atoms with Crippen LogP contribution in [0.5, 0.6) is 17.2 Å². The van der Waals surface area contributed by atoms with Gasteiger partial charge >= 0.3 is 6.07 Å². The maximum atomic E-state index is 7.26. The zero-order valence-electron chi connectivity index (χ0n) is 14.9. The van der Waals surface area contributed by atoms with E-state index >= 15 is 0 Å². The maximum Gasteiger partial charge on any atom is 0.308 e. The standard InChI is InChI=1S/C20H13Cl2N5O2/c21-12-5-11(9-23)6-14(7-12)29-18-8-13(1-3-16(18)22)28-10-17-15-2-4-19(24)25-20(15)27-26-17/h1-8H,10H2,(H3,24,25,26,27)/p+1. The van der Waals surface area contributed by atoms with Gasteiger partial charge in [-0.2, -0.15) is 5.10 Å². The van der Waals surface area contributed by atoms with Crippen LogP contribution in [-0.2, 0) is 6.61 Å². The summed E-state index contributed by atoms with van der Waals surface area (Å²) in [4.78, 5) is 4.16. The van der Waals surface area contributed by atoms with Gasteiger partial charge in [-0.05, 0) is 36.4 Å². The molecule has 9 heteroatoms. The van der Waals surface area contributed by atoms with Gasteiger partial charge in [0.05, 0.1) is 10.7 Å². The molecular formula is C20H14Cl2N5O2+. The molecule has 0 aliphatic heterocycles. The molecule has 0 atom stereocenters. The minimum Gasteiger partial charge on any atom is -0.487 e. The minimum atomic E-state index is 0.243. The number of nitrogens with one attached hydrogen (secondary N) is 2. The number of halogens is 2. The quantitative estimate of drug-likeness (QED) is 0.453. The lowest BCUT2D eigenvalue weighted by atomic mass is 10.2. The Balaban J connectivity index is 1.54. The van der Waals surface area contributed by atoms with E-state index in [2.05, 4.69) is 21.3 Å². The molecule has 0 saturated carbocycles. The number of hydrogen-bond acceptors (Lipinski definition) is 5. The number of nitrogen functional groups attached to an aromatic ring is 1. The predicted octanol–water partition coefficient (Wildman–Crippen LogP) is 3.34. The molecule has 2 aromatic carbocycles. The van der Waals surface area contributed by atoms with Gasteiger partial charge in [-0.1, -0.05) is 28.5 Å². The summed E-state index contributed by atoms with van der Waals surface area (Å²) >= 11 is 12.3. The number of aromatic nitrogens is 3. The Bertz CT molecular complexity index is 1250. The molecule has 0 spiro atoms. The molecule has 7 nitrogen and oxygen atoms in total. The first kappa shape index (κ1) is 18.9. The molecule has 4 rings (SSSR count). The van der Waals surface area contributed by atoms with Crippen molar-refractivity contribution in [1.82, 2.24) is 15.2 Å². The van der Waals surface area contributed by atoms with E-state index in [4.69, 9.17) is 43.7 Å². The van der Waals surface area contributed by atoms with E-state index in [1.165, 1.54) is 0 Å². The fourth-order valence-corrected chi connectivity index (χ4v) is 3.08. The maximum absolute atomic E-state index is 7.26. The highest BCUT2D eigenvalue weighted by Crippen LogP contribution is 2.34. The van der Waals surface area contributed by atoms with Crippen LogP contribution in [0.15, 0.2) is 48.5 Å². The number of nitrogens with zero attached hydrogens (tertiary/aromatic N) is 2. The topological polar surface area (TPSA) is 110 Å². The highest BCUT2D eigenvalue weighted by atomic mass is 35.5. The monoisotopic (exact) mass is 426 g/mol. The van der Waals surface area contributed by atoms with Gasteiger partial charge in [0.1, 0.15) is 35.2 Å². The van der Waals surface area contributed by atoms with Crippen LogP contribution in [0.4, 0.5) is 5.82 Å². The first-order chi connectivity index (χ1) is 14.0. The molecule has 29 heavy (non-hydrogen) atoms. The summed E-state index contributed by atoms with van der Waals surface area (Å²) < 4.78 is 11.7. The molecular weight excluding hydrogens is 413 g/mol. The van der Waals surface area contributed by atoms with Crippen molar-refractivity contribution in [2.75, 3.05) is 5.73 Å². The summed E-state index contributed by atoms with van der Waals surface area (Å²) in [5.74, 6) is 1.79. The summed E-state index contributed by atoms with van der Waals surface area (Å²) in [5, 5.41) is 16.0. The average Bonchev–Trinajstić information content (AvgIpc) is 3.10. The van der Waals surface area contributed by atoms with E-state index < -0.39 is 0 Å². The number of ether oxygens (including phenoxy) is 2. The van der Waals surface area contributed by atoms with Crippen LogP contribution in [-0.4, -0.2) is 15.2 Å². The third-order valence-electron chi connectivity index (χ3n) is 4.05. The lowest BCUT2D eigenvalue weighted by Gasteiger charge is -2.11. The van der Waals surface area contributed by atoms with Crippen molar-refractivity contribution in [3.8, 4) is 23.3 Å². The second kappa shape index (κ2) is 7.87. The van der Waals surface area contributed by atoms with Crippen molar-refractivity contribution in [1.29, 1.82) is 0 Å². The van der Waals surface area contributed by atoms with E-state index in [0.717, 1.165) is 11.1 Å². The van der Waals surface area contributed by atoms with E-state index in [9.17, 15) is 0 Å². The minimum absolute atomic E-state index is 0.243. The second-order valence-corrected chi connectivity index (χ2v) is 6.94. The van der Waals surface area contributed by atoms with Gasteiger partial charge in [-0.3, -0.25) is 5.10 Å². The van der Waals surface area contributed by atoms with E-state index in [0.29, 0.717) is 44.3 Å². The number of aromatic amines is 1. The number of H-pyrrole nitrogens is 1. The normalized spacial score (nSPS) is 10.7. The summed E-state index contributed by atoms with van der Waals surface area (Å²) in [6.45, 7) is 0.243. The Hall–Kier alpha value is -3.47. The second-order valence-electron chi connectivity index (χ2n) is 6.09. The average molecular weight is 427 g/mol. The summed E-state index contributed by atoms with van der Waals surface area (Å²) in [5.41, 5.74) is 7.47. The molecule has 4 aromatic rings. The molecule has 0 bridgehead atoms. The molecule has 0 unspecified atom stereocenters. The number of rotatable bonds is 5. The van der Waals surface area contributed by atoms with Gasteiger partial charge < -0.3 is 15.2 Å². The molecule has 4 N–H and O–H groups in total. The molecule has 144 valence electrons. The summed E-state index contributed by atoms with van der Waals surface area (Å²) in [6.07, 6.45) is 0. The molecule has 0 radical (unpaired) electrons. The van der Waals surface area contributed by atoms with Gasteiger partial charge in [0.15, 0.2) is 5.65 Å². The first-order valence-corrected chi connectivity index (χ1v) is 9.20. The molecule has 0 saturated heterocycles. The fraction of sp³-hybridized carbons (Fsp3) is 0.0500. The largest absolute Gasteiger partial charge is 0.487 e. The van der Waals surface area contributed by atoms with Crippen molar-refractivity contribution in [3.05, 3.63) is 69.8 Å². The van der Waals surface area contributed by atoms with Gasteiger partial charge in [0, 0.05) is 22.5 Å². The predicted molar refractivity (Wildman–Crippen MR) is 110 cm³/mol. The summed E-state index contributed by atoms with van der Waals surface area (Å²) in [7, 11) is 0. The number of nitrogens with two attached hydrogens (primary N) is 1. The smallest absolute Gasteiger partial charge is 0.308 e. The number of hydrogen-bond donors (Lipinski definition) is 3. The van der Waals surface area contributed by atoms with Crippen LogP contribution in [0, 0.1) is 6.07 Å². The van der Waals surface area contributed by atoms with Crippen LogP contribution in [0.3, 0.4) is 0 Å². The Morgan fingerprint density at radius 2 is 1.93 bits per heavy atom. The van der Waals surface area contributed by atoms with Crippen LogP contribution in [0.1, 0.15) is 11.3 Å². The van der Waals surface area contributed by atoms with Gasteiger partial charge in [-0.25, -0.2) is 4.98 Å². The molecule has 2 aromatic heterocycles. The number of benzene rings is 2. The lowest BCUT2D eigenvalue weighted by Crippen LogP contribution is -2.17. The van der Waals surface area contributed by atoms with Gasteiger partial charge in [0.2, 0.25) is 0 Å². The third kappa shape index (κ3) is 4.19. The van der Waals surface area contributed by atoms with Crippen molar-refractivity contribution in [3.63, 3.8) is 0 Å². The van der Waals surface area contributed by atoms with Gasteiger partial charge in [-0.15, -0.1) is 0 Å². The van der Waals surface area contributed by atoms with Crippen LogP contribution >= 0.6 is 23.2 Å². The van der Waals surface area contributed by atoms with Crippen LogP contribution < -0.4 is 20.5 Å². The molecule has 0 aliphatic carbocycles. The highest BCUT2D eigenvalue weighted by molar-refractivity contribution is 6.32. The van der Waals surface area contributed by atoms with Crippen molar-refractivity contribution in [2.45, 2.75) is 6.61 Å². The van der Waals surface area contributed by atoms with Crippen LogP contribution in [0.25, 0.3) is 11.0 Å². The molecule has 0 fully saturated rings. The molecule has 0 amide bonds. The SMILES string of the molecule is [NH+]#Cc1cc(Cl)cc(Oc2cc(OCc3[nH]nc4nc(N)ccc34)ccc2Cl)c1. The Kier molecular flexibility index (Phi) is 5.12. The lowest BCUT2D eigenvalue weighted by molar-refractivity contribution is -0.0909. The fourth-order valence-electron chi connectivity index (χ4n) is 2.70. The molecule has 2 heterocycles.